The molecule has 2 aromatic carbocycles. The Hall–Kier alpha value is -3.18. The third-order valence-corrected chi connectivity index (χ3v) is 6.90. The molecule has 1 aliphatic rings. The van der Waals surface area contributed by atoms with Gasteiger partial charge in [-0.25, -0.2) is 22.6 Å². The quantitative estimate of drug-likeness (QED) is 0.498. The van der Waals surface area contributed by atoms with E-state index in [-0.39, 0.29) is 34.5 Å². The number of halogens is 2. The third-order valence-electron chi connectivity index (χ3n) is 4.70. The molecule has 3 aromatic rings. The van der Waals surface area contributed by atoms with Crippen LogP contribution in [-0.4, -0.2) is 26.5 Å². The third kappa shape index (κ3) is 4.53. The summed E-state index contributed by atoms with van der Waals surface area (Å²) in [6.07, 6.45) is 1.43. The summed E-state index contributed by atoms with van der Waals surface area (Å²) in [4.78, 5) is 15.5. The van der Waals surface area contributed by atoms with Crippen LogP contribution in [0.1, 0.15) is 11.1 Å². The Morgan fingerprint density at radius 1 is 1.12 bits per heavy atom. The molecule has 0 saturated carbocycles. The summed E-state index contributed by atoms with van der Waals surface area (Å²) in [7, 11) is -2.42. The topological polar surface area (TPSA) is 107 Å². The van der Waals surface area contributed by atoms with Crippen LogP contribution in [0.2, 0.25) is 0 Å². The summed E-state index contributed by atoms with van der Waals surface area (Å²) >= 11 is 3.26. The minimum absolute atomic E-state index is 0.00747. The van der Waals surface area contributed by atoms with Crippen LogP contribution in [0.15, 0.2) is 58.0 Å². The minimum Gasteiger partial charge on any atom is -0.495 e. The highest BCUT2D eigenvalue weighted by Crippen LogP contribution is 2.33. The number of carbonyl (C=O) groups is 1. The second-order valence-corrected chi connectivity index (χ2v) is 9.74. The van der Waals surface area contributed by atoms with Gasteiger partial charge in [0.25, 0.3) is 0 Å². The van der Waals surface area contributed by atoms with Gasteiger partial charge in [0, 0.05) is 10.7 Å². The van der Waals surface area contributed by atoms with Crippen molar-refractivity contribution in [3.63, 3.8) is 0 Å². The number of methoxy groups -OCH3 is 1. The SMILES string of the molecule is COc1ccc(Br)cc1S(=O)(=O)Cc1ccc(Oc2ccnc3c2CNC(=O)N3)c(F)c1. The van der Waals surface area contributed by atoms with E-state index < -0.39 is 21.4 Å². The molecule has 166 valence electrons. The molecule has 0 radical (unpaired) electrons. The number of hydrogen-bond donors (Lipinski definition) is 2. The first-order valence-electron chi connectivity index (χ1n) is 9.32. The standard InChI is InChI=1S/C21H17BrFN3O5S/c1-30-18-5-3-13(22)9-19(18)32(28,29)11-12-2-4-17(15(23)8-12)31-16-6-7-24-20-14(16)10-25-21(27)26-20/h2-9H,10-11H2,1H3,(H2,24,25,26,27). The molecule has 2 amide bonds. The van der Waals surface area contributed by atoms with Crippen LogP contribution in [0.3, 0.4) is 0 Å². The maximum Gasteiger partial charge on any atom is 0.320 e. The number of carbonyl (C=O) groups excluding carboxylic acids is 1. The number of anilines is 1. The van der Waals surface area contributed by atoms with E-state index in [1.54, 1.807) is 18.2 Å². The summed E-state index contributed by atoms with van der Waals surface area (Å²) in [6, 6.07) is 9.78. The molecule has 2 N–H and O–H groups in total. The van der Waals surface area contributed by atoms with Crippen LogP contribution < -0.4 is 20.1 Å². The fourth-order valence-electron chi connectivity index (χ4n) is 3.20. The van der Waals surface area contributed by atoms with E-state index in [2.05, 4.69) is 31.5 Å². The lowest BCUT2D eigenvalue weighted by atomic mass is 10.2. The largest absolute Gasteiger partial charge is 0.495 e. The smallest absolute Gasteiger partial charge is 0.320 e. The van der Waals surface area contributed by atoms with E-state index in [4.69, 9.17) is 9.47 Å². The summed E-state index contributed by atoms with van der Waals surface area (Å²) < 4.78 is 52.0. The number of urea groups is 1. The zero-order chi connectivity index (χ0) is 22.9. The van der Waals surface area contributed by atoms with Gasteiger partial charge in [-0.05, 0) is 42.0 Å². The number of pyridine rings is 1. The highest BCUT2D eigenvalue weighted by molar-refractivity contribution is 9.10. The van der Waals surface area contributed by atoms with Gasteiger partial charge < -0.3 is 14.8 Å². The highest BCUT2D eigenvalue weighted by Gasteiger charge is 2.23. The molecule has 1 aliphatic heterocycles. The number of rotatable bonds is 6. The number of aromatic nitrogens is 1. The zero-order valence-corrected chi connectivity index (χ0v) is 19.1. The predicted molar refractivity (Wildman–Crippen MR) is 118 cm³/mol. The second-order valence-electron chi connectivity index (χ2n) is 6.87. The number of hydrogen-bond acceptors (Lipinski definition) is 6. The van der Waals surface area contributed by atoms with E-state index in [1.807, 2.05) is 0 Å². The van der Waals surface area contributed by atoms with E-state index in [9.17, 15) is 17.6 Å². The summed E-state index contributed by atoms with van der Waals surface area (Å²) in [5.74, 6) is -0.374. The molecule has 0 atom stereocenters. The molecule has 4 rings (SSSR count). The van der Waals surface area contributed by atoms with Crippen molar-refractivity contribution in [3.8, 4) is 17.2 Å². The number of sulfone groups is 1. The Kier molecular flexibility index (Phi) is 6.02. The molecule has 0 fully saturated rings. The summed E-state index contributed by atoms with van der Waals surface area (Å²) in [5.41, 5.74) is 0.822. The number of amides is 2. The van der Waals surface area contributed by atoms with Gasteiger partial charge in [-0.2, -0.15) is 0 Å². The van der Waals surface area contributed by atoms with Crippen LogP contribution in [0, 0.1) is 5.82 Å². The van der Waals surface area contributed by atoms with Crippen molar-refractivity contribution >= 4 is 37.6 Å². The van der Waals surface area contributed by atoms with E-state index in [0.717, 1.165) is 6.07 Å². The van der Waals surface area contributed by atoms with Gasteiger partial charge in [0.15, 0.2) is 21.4 Å². The van der Waals surface area contributed by atoms with Crippen molar-refractivity contribution in [1.29, 1.82) is 0 Å². The Labute approximate surface area is 191 Å². The van der Waals surface area contributed by atoms with Gasteiger partial charge in [0.05, 0.1) is 25.0 Å². The summed E-state index contributed by atoms with van der Waals surface area (Å²) in [5, 5.41) is 5.15. The van der Waals surface area contributed by atoms with Gasteiger partial charge in [-0.15, -0.1) is 0 Å². The first kappa shape index (κ1) is 22.0. The summed E-state index contributed by atoms with van der Waals surface area (Å²) in [6.45, 7) is 0.177. The lowest BCUT2D eigenvalue weighted by Crippen LogP contribution is -2.34. The molecule has 1 aromatic heterocycles. The lowest BCUT2D eigenvalue weighted by molar-refractivity contribution is 0.250. The van der Waals surface area contributed by atoms with Crippen molar-refractivity contribution in [2.45, 2.75) is 17.2 Å². The van der Waals surface area contributed by atoms with Crippen molar-refractivity contribution in [2.24, 2.45) is 0 Å². The molecule has 2 heterocycles. The molecule has 0 unspecified atom stereocenters. The fraction of sp³-hybridized carbons (Fsp3) is 0.143. The number of fused-ring (bicyclic) bond motifs is 1. The van der Waals surface area contributed by atoms with Crippen LogP contribution in [-0.2, 0) is 22.1 Å². The van der Waals surface area contributed by atoms with Gasteiger partial charge in [-0.3, -0.25) is 5.32 Å². The van der Waals surface area contributed by atoms with Crippen molar-refractivity contribution in [3.05, 3.63) is 70.1 Å². The van der Waals surface area contributed by atoms with Gasteiger partial charge in [-0.1, -0.05) is 22.0 Å². The average Bonchev–Trinajstić information content (AvgIpc) is 2.75. The van der Waals surface area contributed by atoms with Crippen LogP contribution in [0.5, 0.6) is 17.2 Å². The molecule has 8 nitrogen and oxygen atoms in total. The van der Waals surface area contributed by atoms with Crippen LogP contribution >= 0.6 is 15.9 Å². The number of nitrogens with zero attached hydrogens (tertiary/aromatic N) is 1. The van der Waals surface area contributed by atoms with Gasteiger partial charge in [0.1, 0.15) is 22.2 Å². The van der Waals surface area contributed by atoms with E-state index in [0.29, 0.717) is 21.6 Å². The minimum atomic E-state index is -3.80. The predicted octanol–water partition coefficient (Wildman–Crippen LogP) is 4.39. The highest BCUT2D eigenvalue weighted by atomic mass is 79.9. The molecule has 0 bridgehead atoms. The Morgan fingerprint density at radius 2 is 1.91 bits per heavy atom. The van der Waals surface area contributed by atoms with E-state index >= 15 is 0 Å². The van der Waals surface area contributed by atoms with Crippen LogP contribution in [0.4, 0.5) is 15.0 Å². The molecule has 11 heteroatoms. The van der Waals surface area contributed by atoms with E-state index in [1.165, 1.54) is 31.5 Å². The molecule has 0 spiro atoms. The van der Waals surface area contributed by atoms with Gasteiger partial charge in [0.2, 0.25) is 0 Å². The Morgan fingerprint density at radius 3 is 2.66 bits per heavy atom. The fourth-order valence-corrected chi connectivity index (χ4v) is 5.25. The Balaban J connectivity index is 1.58. The zero-order valence-electron chi connectivity index (χ0n) is 16.7. The first-order chi connectivity index (χ1) is 15.3. The molecular formula is C21H17BrFN3O5S. The maximum atomic E-state index is 14.8. The maximum absolute atomic E-state index is 14.8. The molecule has 0 aliphatic carbocycles. The molecule has 0 saturated heterocycles. The molecular weight excluding hydrogens is 505 g/mol. The lowest BCUT2D eigenvalue weighted by Gasteiger charge is -2.20. The second kappa shape index (κ2) is 8.75. The number of benzene rings is 2. The van der Waals surface area contributed by atoms with Gasteiger partial charge >= 0.3 is 6.03 Å². The number of nitrogens with one attached hydrogen (secondary N) is 2. The van der Waals surface area contributed by atoms with Crippen molar-refractivity contribution < 1.29 is 27.1 Å². The van der Waals surface area contributed by atoms with Crippen molar-refractivity contribution in [2.75, 3.05) is 12.4 Å². The first-order valence-corrected chi connectivity index (χ1v) is 11.8. The van der Waals surface area contributed by atoms with Crippen LogP contribution in [0.25, 0.3) is 0 Å². The molecule has 32 heavy (non-hydrogen) atoms. The Bertz CT molecular complexity index is 1320. The number of ether oxygens (including phenoxy) is 2. The monoisotopic (exact) mass is 521 g/mol. The van der Waals surface area contributed by atoms with Crippen molar-refractivity contribution in [1.82, 2.24) is 10.3 Å². The average molecular weight is 522 g/mol. The normalized spacial score (nSPS) is 13.0.